The summed E-state index contributed by atoms with van der Waals surface area (Å²) < 4.78 is 0. The first-order valence-electron chi connectivity index (χ1n) is 6.23. The Labute approximate surface area is 119 Å². The number of aromatic nitrogens is 3. The molecule has 0 saturated carbocycles. The molecule has 0 spiro atoms. The number of hydrogen-bond donors (Lipinski definition) is 1. The standard InChI is InChI=1S/C13H11N5O3/c19-11-7-17(8-12(20)15-11)13(21)10-6-14-18(16-10)9-4-2-1-3-5-9/h1-6H,7-8H2,(H,15,19,20). The summed E-state index contributed by atoms with van der Waals surface area (Å²) in [5, 5.41) is 10.2. The highest BCUT2D eigenvalue weighted by Gasteiger charge is 2.28. The van der Waals surface area contributed by atoms with Crippen LogP contribution in [-0.2, 0) is 9.59 Å². The second kappa shape index (κ2) is 5.16. The Morgan fingerprint density at radius 1 is 1.10 bits per heavy atom. The van der Waals surface area contributed by atoms with Crippen molar-refractivity contribution in [3.05, 3.63) is 42.2 Å². The van der Waals surface area contributed by atoms with E-state index in [9.17, 15) is 14.4 Å². The molecule has 3 amide bonds. The van der Waals surface area contributed by atoms with Gasteiger partial charge in [-0.15, -0.1) is 5.10 Å². The van der Waals surface area contributed by atoms with Gasteiger partial charge < -0.3 is 4.90 Å². The minimum absolute atomic E-state index is 0.0846. The number of imide groups is 1. The van der Waals surface area contributed by atoms with Gasteiger partial charge in [0.2, 0.25) is 11.8 Å². The van der Waals surface area contributed by atoms with Crippen LogP contribution in [0.3, 0.4) is 0 Å². The third-order valence-corrected chi connectivity index (χ3v) is 2.93. The van der Waals surface area contributed by atoms with Crippen molar-refractivity contribution in [2.45, 2.75) is 0 Å². The van der Waals surface area contributed by atoms with Gasteiger partial charge >= 0.3 is 0 Å². The van der Waals surface area contributed by atoms with Crippen molar-refractivity contribution in [3.8, 4) is 5.69 Å². The van der Waals surface area contributed by atoms with Crippen LogP contribution in [0.1, 0.15) is 10.5 Å². The van der Waals surface area contributed by atoms with Gasteiger partial charge in [0.05, 0.1) is 11.9 Å². The summed E-state index contributed by atoms with van der Waals surface area (Å²) in [7, 11) is 0. The number of para-hydroxylation sites is 1. The predicted octanol–water partition coefficient (Wildman–Crippen LogP) is -0.634. The molecule has 3 rings (SSSR count). The number of carbonyl (C=O) groups is 3. The van der Waals surface area contributed by atoms with Crippen molar-refractivity contribution in [1.29, 1.82) is 0 Å². The molecular formula is C13H11N5O3. The summed E-state index contributed by atoms with van der Waals surface area (Å²) in [6.45, 7) is -0.328. The SMILES string of the molecule is O=C1CN(C(=O)c2cnn(-c3ccccc3)n2)CC(=O)N1. The fourth-order valence-electron chi connectivity index (χ4n) is 1.99. The lowest BCUT2D eigenvalue weighted by Crippen LogP contribution is -2.53. The van der Waals surface area contributed by atoms with Gasteiger partial charge in [-0.2, -0.15) is 9.90 Å². The van der Waals surface area contributed by atoms with Gasteiger partial charge in [-0.25, -0.2) is 0 Å². The minimum atomic E-state index is -0.505. The average Bonchev–Trinajstić information content (AvgIpc) is 2.96. The Morgan fingerprint density at radius 2 is 1.76 bits per heavy atom. The highest BCUT2D eigenvalue weighted by molar-refractivity contribution is 6.05. The zero-order chi connectivity index (χ0) is 14.8. The monoisotopic (exact) mass is 285 g/mol. The number of nitrogens with one attached hydrogen (secondary N) is 1. The van der Waals surface area contributed by atoms with Gasteiger partial charge in [0.1, 0.15) is 13.1 Å². The van der Waals surface area contributed by atoms with Gasteiger partial charge in [0.15, 0.2) is 5.69 Å². The molecule has 0 aliphatic carbocycles. The van der Waals surface area contributed by atoms with Crippen molar-refractivity contribution < 1.29 is 14.4 Å². The molecule has 2 heterocycles. The molecule has 21 heavy (non-hydrogen) atoms. The van der Waals surface area contributed by atoms with E-state index in [1.807, 2.05) is 18.2 Å². The smallest absolute Gasteiger partial charge is 0.276 e. The summed E-state index contributed by atoms with van der Waals surface area (Å²) in [6, 6.07) is 9.11. The molecule has 2 aromatic rings. The first-order chi connectivity index (χ1) is 10.1. The lowest BCUT2D eigenvalue weighted by atomic mass is 10.3. The Morgan fingerprint density at radius 3 is 2.43 bits per heavy atom. The van der Waals surface area contributed by atoms with Gasteiger partial charge in [-0.1, -0.05) is 18.2 Å². The summed E-state index contributed by atoms with van der Waals surface area (Å²) >= 11 is 0. The first-order valence-corrected chi connectivity index (χ1v) is 6.23. The van der Waals surface area contributed by atoms with Crippen LogP contribution >= 0.6 is 0 Å². The number of hydrogen-bond acceptors (Lipinski definition) is 5. The van der Waals surface area contributed by atoms with Crippen LogP contribution in [0.5, 0.6) is 0 Å². The van der Waals surface area contributed by atoms with E-state index in [0.29, 0.717) is 5.69 Å². The van der Waals surface area contributed by atoms with Crippen molar-refractivity contribution in [2.75, 3.05) is 13.1 Å². The van der Waals surface area contributed by atoms with Crippen LogP contribution in [0.25, 0.3) is 5.69 Å². The summed E-state index contributed by atoms with van der Waals surface area (Å²) in [5.41, 5.74) is 0.797. The number of carbonyl (C=O) groups excluding carboxylic acids is 3. The van der Waals surface area contributed by atoms with Crippen molar-refractivity contribution in [2.24, 2.45) is 0 Å². The largest absolute Gasteiger partial charge is 0.319 e. The number of amides is 3. The molecule has 1 aliphatic heterocycles. The molecule has 1 fully saturated rings. The topological polar surface area (TPSA) is 97.2 Å². The predicted molar refractivity (Wildman–Crippen MR) is 70.4 cm³/mol. The summed E-state index contributed by atoms with van der Waals surface area (Å²) in [6.07, 6.45) is 1.31. The Bertz CT molecular complexity index is 694. The number of piperazine rings is 1. The minimum Gasteiger partial charge on any atom is -0.319 e. The van der Waals surface area contributed by atoms with Crippen molar-refractivity contribution >= 4 is 17.7 Å². The number of rotatable bonds is 2. The maximum absolute atomic E-state index is 12.2. The van der Waals surface area contributed by atoms with Gasteiger partial charge in [-0.05, 0) is 12.1 Å². The summed E-state index contributed by atoms with van der Waals surface area (Å²) in [5.74, 6) is -1.51. The maximum atomic E-state index is 12.2. The molecule has 0 bridgehead atoms. The molecule has 0 radical (unpaired) electrons. The average molecular weight is 285 g/mol. The van der Waals surface area contributed by atoms with Crippen LogP contribution in [-0.4, -0.2) is 50.7 Å². The van der Waals surface area contributed by atoms with Crippen LogP contribution in [0.15, 0.2) is 36.5 Å². The first kappa shape index (κ1) is 13.0. The molecule has 8 heteroatoms. The fourth-order valence-corrected chi connectivity index (χ4v) is 1.99. The molecule has 1 N–H and O–H groups in total. The van der Waals surface area contributed by atoms with E-state index in [4.69, 9.17) is 0 Å². The molecule has 1 aromatic heterocycles. The Balaban J connectivity index is 1.81. The molecule has 106 valence electrons. The highest BCUT2D eigenvalue weighted by atomic mass is 16.2. The van der Waals surface area contributed by atoms with E-state index in [-0.39, 0.29) is 18.8 Å². The van der Waals surface area contributed by atoms with E-state index < -0.39 is 17.7 Å². The van der Waals surface area contributed by atoms with E-state index in [0.717, 1.165) is 4.90 Å². The van der Waals surface area contributed by atoms with Crippen LogP contribution in [0.4, 0.5) is 0 Å². The lowest BCUT2D eigenvalue weighted by Gasteiger charge is -2.24. The van der Waals surface area contributed by atoms with Crippen LogP contribution in [0, 0.1) is 0 Å². The molecule has 1 aromatic carbocycles. The van der Waals surface area contributed by atoms with E-state index >= 15 is 0 Å². The number of benzene rings is 1. The molecule has 0 atom stereocenters. The maximum Gasteiger partial charge on any atom is 0.276 e. The Hall–Kier alpha value is -3.03. The zero-order valence-electron chi connectivity index (χ0n) is 10.9. The second-order valence-corrected chi connectivity index (χ2v) is 4.49. The highest BCUT2D eigenvalue weighted by Crippen LogP contribution is 2.07. The van der Waals surface area contributed by atoms with Gasteiger partial charge in [-0.3, -0.25) is 19.7 Å². The van der Waals surface area contributed by atoms with Crippen LogP contribution < -0.4 is 5.32 Å². The van der Waals surface area contributed by atoms with Gasteiger partial charge in [0.25, 0.3) is 5.91 Å². The lowest BCUT2D eigenvalue weighted by molar-refractivity contribution is -0.135. The van der Waals surface area contributed by atoms with E-state index in [1.54, 1.807) is 12.1 Å². The van der Waals surface area contributed by atoms with Crippen LogP contribution in [0.2, 0.25) is 0 Å². The number of nitrogens with zero attached hydrogens (tertiary/aromatic N) is 4. The van der Waals surface area contributed by atoms with Crippen molar-refractivity contribution in [1.82, 2.24) is 25.2 Å². The van der Waals surface area contributed by atoms with E-state index in [1.165, 1.54) is 11.0 Å². The Kier molecular flexibility index (Phi) is 3.19. The zero-order valence-corrected chi connectivity index (χ0v) is 10.9. The molecule has 1 aliphatic rings. The molecular weight excluding hydrogens is 274 g/mol. The summed E-state index contributed by atoms with van der Waals surface area (Å²) in [4.78, 5) is 37.2. The molecule has 8 nitrogen and oxygen atoms in total. The normalized spacial score (nSPS) is 15.0. The van der Waals surface area contributed by atoms with E-state index in [2.05, 4.69) is 15.5 Å². The fraction of sp³-hybridized carbons (Fsp3) is 0.154. The third kappa shape index (κ3) is 2.64. The molecule has 1 saturated heterocycles. The molecule has 0 unspecified atom stereocenters. The second-order valence-electron chi connectivity index (χ2n) is 4.49. The quantitative estimate of drug-likeness (QED) is 0.741. The van der Waals surface area contributed by atoms with Gasteiger partial charge in [0, 0.05) is 0 Å². The third-order valence-electron chi connectivity index (χ3n) is 2.93. The van der Waals surface area contributed by atoms with Crippen molar-refractivity contribution in [3.63, 3.8) is 0 Å².